The molecular weight excluding hydrogens is 320 g/mol. The molecule has 1 saturated carbocycles. The first-order valence-electron chi connectivity index (χ1n) is 8.91. The zero-order chi connectivity index (χ0) is 18.3. The summed E-state index contributed by atoms with van der Waals surface area (Å²) in [4.78, 5) is 28.7. The number of rotatable bonds is 3. The largest absolute Gasteiger partial charge is 0.427 e. The Hall–Kier alpha value is -1.66. The fourth-order valence-electron chi connectivity index (χ4n) is 4.59. The number of hydrogen-bond donors (Lipinski definition) is 0. The Morgan fingerprint density at radius 3 is 2.44 bits per heavy atom. The molecule has 2 aliphatic rings. The van der Waals surface area contributed by atoms with E-state index in [9.17, 15) is 9.59 Å². The van der Waals surface area contributed by atoms with Crippen LogP contribution in [0, 0.1) is 25.7 Å². The van der Waals surface area contributed by atoms with Gasteiger partial charge in [0.1, 0.15) is 5.76 Å². The Labute approximate surface area is 148 Å². The van der Waals surface area contributed by atoms with E-state index in [1.165, 1.54) is 6.07 Å². The molecule has 0 aromatic carbocycles. The molecule has 0 spiro atoms. The normalized spacial score (nSPS) is 29.1. The Morgan fingerprint density at radius 1 is 1.24 bits per heavy atom. The van der Waals surface area contributed by atoms with E-state index in [0.29, 0.717) is 34.8 Å². The summed E-state index contributed by atoms with van der Waals surface area (Å²) in [5, 5.41) is 0. The van der Waals surface area contributed by atoms with E-state index in [0.717, 1.165) is 25.9 Å². The molecule has 1 aromatic heterocycles. The van der Waals surface area contributed by atoms with Gasteiger partial charge < -0.3 is 19.0 Å². The van der Waals surface area contributed by atoms with Crippen molar-refractivity contribution in [2.45, 2.75) is 38.8 Å². The third-order valence-corrected chi connectivity index (χ3v) is 5.89. The molecule has 2 fully saturated rings. The average molecular weight is 348 g/mol. The van der Waals surface area contributed by atoms with Gasteiger partial charge in [0.05, 0.1) is 11.7 Å². The molecule has 1 aliphatic carbocycles. The average Bonchev–Trinajstić information content (AvgIpc) is 2.95. The van der Waals surface area contributed by atoms with Gasteiger partial charge in [0, 0.05) is 32.3 Å². The molecular formula is C19H28N2O4. The van der Waals surface area contributed by atoms with E-state index in [2.05, 4.69) is 19.0 Å². The molecule has 6 heteroatoms. The first-order chi connectivity index (χ1) is 11.8. The number of carbonyl (C=O) groups is 1. The monoisotopic (exact) mass is 348 g/mol. The second kappa shape index (κ2) is 6.92. The molecule has 2 heterocycles. The van der Waals surface area contributed by atoms with Crippen LogP contribution in [0.15, 0.2) is 15.3 Å². The van der Waals surface area contributed by atoms with Crippen LogP contribution < -0.4 is 5.63 Å². The van der Waals surface area contributed by atoms with Crippen LogP contribution in [0.3, 0.4) is 0 Å². The van der Waals surface area contributed by atoms with Crippen LogP contribution in [0.4, 0.5) is 0 Å². The summed E-state index contributed by atoms with van der Waals surface area (Å²) in [7, 11) is 5.96. The van der Waals surface area contributed by atoms with Gasteiger partial charge in [-0.3, -0.25) is 4.79 Å². The van der Waals surface area contributed by atoms with Crippen LogP contribution in [-0.4, -0.2) is 62.1 Å². The Balaban J connectivity index is 1.79. The summed E-state index contributed by atoms with van der Waals surface area (Å²) in [5.74, 6) is 1.36. The van der Waals surface area contributed by atoms with Gasteiger partial charge in [-0.05, 0) is 58.2 Å². The van der Waals surface area contributed by atoms with Gasteiger partial charge in [-0.1, -0.05) is 0 Å². The number of fused-ring (bicyclic) bond motifs is 1. The molecule has 25 heavy (non-hydrogen) atoms. The van der Waals surface area contributed by atoms with Gasteiger partial charge in [-0.25, -0.2) is 4.79 Å². The van der Waals surface area contributed by atoms with Crippen LogP contribution >= 0.6 is 0 Å². The quantitative estimate of drug-likeness (QED) is 0.832. The van der Waals surface area contributed by atoms with E-state index < -0.39 is 5.63 Å². The fraction of sp³-hybridized carbons (Fsp3) is 0.684. The molecule has 3 rings (SSSR count). The van der Waals surface area contributed by atoms with Crippen molar-refractivity contribution in [2.75, 3.05) is 34.3 Å². The lowest BCUT2D eigenvalue weighted by Crippen LogP contribution is -2.47. The maximum atomic E-state index is 13.0. The number of likely N-dealkylation sites (tertiary alicyclic amines) is 1. The van der Waals surface area contributed by atoms with E-state index >= 15 is 0 Å². The second-order valence-corrected chi connectivity index (χ2v) is 7.69. The van der Waals surface area contributed by atoms with Crippen molar-refractivity contribution in [1.82, 2.24) is 9.80 Å². The summed E-state index contributed by atoms with van der Waals surface area (Å²) in [5.41, 5.74) is 0.818. The highest BCUT2D eigenvalue weighted by Gasteiger charge is 2.44. The topological polar surface area (TPSA) is 63.0 Å². The van der Waals surface area contributed by atoms with E-state index in [-0.39, 0.29) is 12.0 Å². The van der Waals surface area contributed by atoms with E-state index in [4.69, 9.17) is 9.15 Å². The fourth-order valence-corrected chi connectivity index (χ4v) is 4.59. The predicted octanol–water partition coefficient (Wildman–Crippen LogP) is 1.68. The molecule has 1 aliphatic heterocycles. The molecule has 0 bridgehead atoms. The number of carbonyl (C=O) groups excluding carboxylic acids is 1. The highest BCUT2D eigenvalue weighted by atomic mass is 16.5. The lowest BCUT2D eigenvalue weighted by atomic mass is 9.77. The molecule has 0 N–H and O–H groups in total. The minimum atomic E-state index is -0.404. The molecule has 1 saturated heterocycles. The van der Waals surface area contributed by atoms with Crippen molar-refractivity contribution in [2.24, 2.45) is 11.8 Å². The third-order valence-electron chi connectivity index (χ3n) is 5.89. The SMILES string of the molecule is CO[C@@H]1C[C@H]2CN(C(=O)c3c(C)cc(=O)oc3C)C[C@H]2C[C@H]1N(C)C. The van der Waals surface area contributed by atoms with Crippen molar-refractivity contribution in [3.63, 3.8) is 0 Å². The molecule has 0 unspecified atom stereocenters. The summed E-state index contributed by atoms with van der Waals surface area (Å²) in [6.07, 6.45) is 2.24. The van der Waals surface area contributed by atoms with Gasteiger partial charge in [0.15, 0.2) is 0 Å². The number of aryl methyl sites for hydroxylation is 2. The summed E-state index contributed by atoms with van der Waals surface area (Å²) >= 11 is 0. The van der Waals surface area contributed by atoms with Crippen molar-refractivity contribution in [1.29, 1.82) is 0 Å². The maximum Gasteiger partial charge on any atom is 0.336 e. The summed E-state index contributed by atoms with van der Waals surface area (Å²) in [6, 6.07) is 1.78. The Kier molecular flexibility index (Phi) is 5.02. The summed E-state index contributed by atoms with van der Waals surface area (Å²) in [6.45, 7) is 5.00. The molecule has 0 radical (unpaired) electrons. The van der Waals surface area contributed by atoms with Gasteiger partial charge in [0.25, 0.3) is 5.91 Å². The van der Waals surface area contributed by atoms with Crippen LogP contribution in [0.25, 0.3) is 0 Å². The Morgan fingerprint density at radius 2 is 1.88 bits per heavy atom. The third kappa shape index (κ3) is 3.37. The number of ether oxygens (including phenoxy) is 1. The first kappa shape index (κ1) is 18.1. The minimum absolute atomic E-state index is 0.0245. The zero-order valence-electron chi connectivity index (χ0n) is 15.7. The minimum Gasteiger partial charge on any atom is -0.427 e. The predicted molar refractivity (Wildman–Crippen MR) is 94.8 cm³/mol. The molecule has 4 atom stereocenters. The smallest absolute Gasteiger partial charge is 0.336 e. The van der Waals surface area contributed by atoms with Gasteiger partial charge in [-0.15, -0.1) is 0 Å². The number of likely N-dealkylation sites (N-methyl/N-ethyl adjacent to an activating group) is 1. The van der Waals surface area contributed by atoms with Crippen LogP contribution in [-0.2, 0) is 4.74 Å². The van der Waals surface area contributed by atoms with E-state index in [1.54, 1.807) is 21.0 Å². The highest BCUT2D eigenvalue weighted by molar-refractivity contribution is 5.96. The van der Waals surface area contributed by atoms with Gasteiger partial charge in [0.2, 0.25) is 0 Å². The second-order valence-electron chi connectivity index (χ2n) is 7.69. The van der Waals surface area contributed by atoms with Crippen molar-refractivity contribution in [3.8, 4) is 0 Å². The number of nitrogens with zero attached hydrogens (tertiary/aromatic N) is 2. The standard InChI is InChI=1S/C19H28N2O4/c1-11-6-17(22)25-12(2)18(11)19(23)21-9-13-7-15(20(3)4)16(24-5)8-14(13)10-21/h6,13-16H,7-10H2,1-5H3/t13-,14+,15-,16-/m1/s1. The lowest BCUT2D eigenvalue weighted by Gasteiger charge is -2.40. The highest BCUT2D eigenvalue weighted by Crippen LogP contribution is 2.39. The summed E-state index contributed by atoms with van der Waals surface area (Å²) < 4.78 is 10.9. The molecule has 6 nitrogen and oxygen atoms in total. The molecule has 1 aromatic rings. The van der Waals surface area contributed by atoms with Crippen molar-refractivity contribution in [3.05, 3.63) is 33.4 Å². The first-order valence-corrected chi connectivity index (χ1v) is 8.91. The molecule has 138 valence electrons. The number of amides is 1. The van der Waals surface area contributed by atoms with E-state index in [1.807, 2.05) is 4.90 Å². The Bertz CT molecular complexity index is 686. The molecule has 1 amide bonds. The van der Waals surface area contributed by atoms with Crippen LogP contribution in [0.2, 0.25) is 0 Å². The van der Waals surface area contributed by atoms with Crippen LogP contribution in [0.5, 0.6) is 0 Å². The maximum absolute atomic E-state index is 13.0. The van der Waals surface area contributed by atoms with Gasteiger partial charge >= 0.3 is 5.63 Å². The van der Waals surface area contributed by atoms with Gasteiger partial charge in [-0.2, -0.15) is 0 Å². The lowest BCUT2D eigenvalue weighted by molar-refractivity contribution is -0.0209. The zero-order valence-corrected chi connectivity index (χ0v) is 15.7. The number of methoxy groups -OCH3 is 1. The van der Waals surface area contributed by atoms with Crippen LogP contribution in [0.1, 0.15) is 34.5 Å². The number of hydrogen-bond acceptors (Lipinski definition) is 5. The van der Waals surface area contributed by atoms with Crippen molar-refractivity contribution < 1.29 is 13.9 Å². The van der Waals surface area contributed by atoms with Crippen molar-refractivity contribution >= 4 is 5.91 Å².